The van der Waals surface area contributed by atoms with E-state index in [9.17, 15) is 10.4 Å². The molecule has 24 heavy (non-hydrogen) atoms. The average molecular weight is 349 g/mol. The van der Waals surface area contributed by atoms with E-state index in [1.807, 2.05) is 4.57 Å². The molecule has 3 rings (SSSR count). The Kier molecular flexibility index (Phi) is 4.30. The molecule has 0 bridgehead atoms. The molecule has 128 valence electrons. The lowest BCUT2D eigenvalue weighted by molar-refractivity contribution is 0.291. The molecule has 0 atom stereocenters. The zero-order chi connectivity index (χ0) is 17.4. The largest absolute Gasteiger partial charge is 0.732 e. The summed E-state index contributed by atoms with van der Waals surface area (Å²) < 4.78 is 3.52. The molecular formula is C13H17N8O2S-. The maximum atomic E-state index is 11.2. The predicted octanol–water partition coefficient (Wildman–Crippen LogP) is 1.64. The summed E-state index contributed by atoms with van der Waals surface area (Å²) in [7, 11) is 1.71. The Bertz CT molecular complexity index is 872. The minimum atomic E-state index is -0.276. The molecule has 0 saturated carbocycles. The van der Waals surface area contributed by atoms with Gasteiger partial charge in [-0.1, -0.05) is 13.8 Å². The summed E-state index contributed by atoms with van der Waals surface area (Å²) in [4.78, 5) is 16.7. The summed E-state index contributed by atoms with van der Waals surface area (Å²) >= 11 is 1.14. The van der Waals surface area contributed by atoms with Crippen molar-refractivity contribution >= 4 is 34.7 Å². The molecule has 3 aromatic rings. The third-order valence-electron chi connectivity index (χ3n) is 3.25. The number of rotatable bonds is 5. The Morgan fingerprint density at radius 2 is 2.08 bits per heavy atom. The van der Waals surface area contributed by atoms with Crippen LogP contribution in [0.4, 0.5) is 11.8 Å². The first kappa shape index (κ1) is 16.5. The fraction of sp³-hybridized carbons (Fsp3) is 0.385. The van der Waals surface area contributed by atoms with Gasteiger partial charge in [0.25, 0.3) is 0 Å². The Balaban J connectivity index is 2.07. The topological polar surface area (TPSA) is 134 Å². The van der Waals surface area contributed by atoms with E-state index in [4.69, 9.17) is 5.73 Å². The van der Waals surface area contributed by atoms with E-state index in [0.717, 1.165) is 18.3 Å². The van der Waals surface area contributed by atoms with E-state index < -0.39 is 0 Å². The van der Waals surface area contributed by atoms with Crippen LogP contribution in [0.25, 0.3) is 11.2 Å². The van der Waals surface area contributed by atoms with Gasteiger partial charge in [-0.05, 0) is 17.7 Å². The van der Waals surface area contributed by atoms with Crippen LogP contribution < -0.4 is 11.0 Å². The summed E-state index contributed by atoms with van der Waals surface area (Å²) in [5.74, 6) is 0.415. The van der Waals surface area contributed by atoms with Crippen LogP contribution in [0.3, 0.4) is 0 Å². The highest BCUT2D eigenvalue weighted by Crippen LogP contribution is 2.35. The maximum Gasteiger partial charge on any atom is 0.223 e. The summed E-state index contributed by atoms with van der Waals surface area (Å²) in [5, 5.41) is 21.0. The van der Waals surface area contributed by atoms with Gasteiger partial charge in [0.05, 0.1) is 12.7 Å². The Morgan fingerprint density at radius 1 is 1.33 bits per heavy atom. The second kappa shape index (κ2) is 6.26. The minimum absolute atomic E-state index is 0.113. The van der Waals surface area contributed by atoms with Crippen molar-refractivity contribution < 1.29 is 5.21 Å². The maximum absolute atomic E-state index is 11.2. The summed E-state index contributed by atoms with van der Waals surface area (Å²) in [6.45, 7) is 4.94. The summed E-state index contributed by atoms with van der Waals surface area (Å²) in [6.07, 6.45) is 3.12. The lowest BCUT2D eigenvalue weighted by Crippen LogP contribution is -2.09. The van der Waals surface area contributed by atoms with Crippen LogP contribution in [0.1, 0.15) is 13.8 Å². The zero-order valence-electron chi connectivity index (χ0n) is 13.4. The van der Waals surface area contributed by atoms with E-state index in [1.165, 1.54) is 6.33 Å². The van der Waals surface area contributed by atoms with Crippen LogP contribution in [-0.4, -0.2) is 34.3 Å². The Morgan fingerprint density at radius 3 is 2.75 bits per heavy atom. The lowest BCUT2D eigenvalue weighted by atomic mass is 10.2. The highest BCUT2D eigenvalue weighted by molar-refractivity contribution is 7.99. The molecule has 10 nitrogen and oxygen atoms in total. The number of hydrogen-bond donors (Lipinski definition) is 2. The van der Waals surface area contributed by atoms with E-state index >= 15 is 0 Å². The second-order valence-corrected chi connectivity index (χ2v) is 6.69. The molecule has 0 radical (unpaired) electrons. The molecule has 3 aromatic heterocycles. The molecule has 11 heteroatoms. The molecule has 3 N–H and O–H groups in total. The third kappa shape index (κ3) is 3.00. The number of fused-ring (bicyclic) bond motifs is 1. The highest BCUT2D eigenvalue weighted by Gasteiger charge is 2.18. The SMILES string of the molecule is CC(C)Cn1cnc2c(Sc3c(N([O-])O)ncn3C)nc(N)nc21. The lowest BCUT2D eigenvalue weighted by Gasteiger charge is -2.20. The first-order valence-electron chi connectivity index (χ1n) is 7.20. The number of aromatic nitrogens is 6. The zero-order valence-corrected chi connectivity index (χ0v) is 14.2. The van der Waals surface area contributed by atoms with E-state index in [0.29, 0.717) is 27.1 Å². The second-order valence-electron chi connectivity index (χ2n) is 5.71. The number of nitrogens with zero attached hydrogens (tertiary/aromatic N) is 7. The smallest absolute Gasteiger partial charge is 0.223 e. The Hall–Kier alpha value is -2.37. The molecule has 0 aliphatic heterocycles. The van der Waals surface area contributed by atoms with Crippen LogP contribution in [0.15, 0.2) is 22.7 Å². The standard InChI is InChI=1S/C13H17N8O2S/c1-7(2)4-20-6-15-8-9(20)17-13(14)18-11(8)24-12-10(21(22)23)16-5-19(12)3/h5-7,22H,4H2,1-3H3,(H2,14,17,18)/q-1. The molecule has 0 aliphatic carbocycles. The van der Waals surface area contributed by atoms with Crippen molar-refractivity contribution in [1.29, 1.82) is 0 Å². The Labute approximate surface area is 141 Å². The van der Waals surface area contributed by atoms with E-state index in [-0.39, 0.29) is 17.0 Å². The van der Waals surface area contributed by atoms with Crippen LogP contribution in [0.5, 0.6) is 0 Å². The van der Waals surface area contributed by atoms with E-state index in [1.54, 1.807) is 17.9 Å². The molecule has 0 aromatic carbocycles. The van der Waals surface area contributed by atoms with Gasteiger partial charge in [0, 0.05) is 13.6 Å². The van der Waals surface area contributed by atoms with Crippen molar-refractivity contribution in [2.24, 2.45) is 13.0 Å². The van der Waals surface area contributed by atoms with Gasteiger partial charge in [0.15, 0.2) is 11.5 Å². The number of imidazole rings is 2. The average Bonchev–Trinajstić information content (AvgIpc) is 3.04. The first-order valence-corrected chi connectivity index (χ1v) is 8.02. The predicted molar refractivity (Wildman–Crippen MR) is 89.5 cm³/mol. The van der Waals surface area contributed by atoms with Gasteiger partial charge in [0.2, 0.25) is 5.95 Å². The fourth-order valence-corrected chi connectivity index (χ4v) is 3.26. The summed E-state index contributed by atoms with van der Waals surface area (Å²) in [6, 6.07) is 0. The van der Waals surface area contributed by atoms with Gasteiger partial charge >= 0.3 is 0 Å². The van der Waals surface area contributed by atoms with Gasteiger partial charge in [-0.25, -0.2) is 15.0 Å². The number of nitrogens with two attached hydrogens (primary N) is 1. The van der Waals surface area contributed by atoms with Crippen molar-refractivity contribution in [2.75, 3.05) is 11.0 Å². The van der Waals surface area contributed by atoms with Gasteiger partial charge in [-0.2, -0.15) is 4.98 Å². The van der Waals surface area contributed by atoms with Crippen molar-refractivity contribution in [3.8, 4) is 0 Å². The van der Waals surface area contributed by atoms with Crippen LogP contribution in [0, 0.1) is 11.1 Å². The third-order valence-corrected chi connectivity index (χ3v) is 4.39. The number of aryl methyl sites for hydroxylation is 1. The normalized spacial score (nSPS) is 11.6. The van der Waals surface area contributed by atoms with Crippen LogP contribution >= 0.6 is 11.8 Å². The summed E-state index contributed by atoms with van der Waals surface area (Å²) in [5.41, 5.74) is 7.04. The molecule has 0 fully saturated rings. The van der Waals surface area contributed by atoms with Crippen molar-refractivity contribution in [2.45, 2.75) is 30.4 Å². The van der Waals surface area contributed by atoms with Gasteiger partial charge in [-0.15, -0.1) is 0 Å². The molecule has 0 amide bonds. The fourth-order valence-electron chi connectivity index (χ4n) is 2.28. The molecule has 0 saturated heterocycles. The van der Waals surface area contributed by atoms with Crippen LogP contribution in [0.2, 0.25) is 0 Å². The first-order chi connectivity index (χ1) is 11.4. The molecule has 0 spiro atoms. The minimum Gasteiger partial charge on any atom is -0.732 e. The van der Waals surface area contributed by atoms with Crippen molar-refractivity contribution in [1.82, 2.24) is 29.1 Å². The van der Waals surface area contributed by atoms with Gasteiger partial charge in [-0.3, -0.25) is 5.21 Å². The molecule has 3 heterocycles. The van der Waals surface area contributed by atoms with Crippen LogP contribution in [-0.2, 0) is 13.6 Å². The molecule has 0 unspecified atom stereocenters. The van der Waals surface area contributed by atoms with Crippen molar-refractivity contribution in [3.05, 3.63) is 17.9 Å². The van der Waals surface area contributed by atoms with Gasteiger partial charge in [0.1, 0.15) is 15.6 Å². The molecular weight excluding hydrogens is 332 g/mol. The molecule has 0 aliphatic rings. The van der Waals surface area contributed by atoms with E-state index in [2.05, 4.69) is 33.8 Å². The quantitative estimate of drug-likeness (QED) is 0.520. The number of nitrogen functional groups attached to an aromatic ring is 1. The number of anilines is 2. The highest BCUT2D eigenvalue weighted by atomic mass is 32.2. The van der Waals surface area contributed by atoms with Crippen molar-refractivity contribution in [3.63, 3.8) is 0 Å². The monoisotopic (exact) mass is 349 g/mol. The van der Waals surface area contributed by atoms with Gasteiger partial charge < -0.3 is 25.3 Å². The number of hydrogen-bond acceptors (Lipinski definition) is 9.